The summed E-state index contributed by atoms with van der Waals surface area (Å²) in [6.07, 6.45) is 1.89. The number of piperazine rings is 1. The van der Waals surface area contributed by atoms with Gasteiger partial charge in [0.05, 0.1) is 4.70 Å². The minimum atomic E-state index is 0.855. The van der Waals surface area contributed by atoms with Crippen molar-refractivity contribution in [1.82, 2.24) is 9.27 Å². The number of hydrogen-bond acceptors (Lipinski definition) is 5. The van der Waals surface area contributed by atoms with Gasteiger partial charge in [0.1, 0.15) is 5.82 Å². The first-order valence-electron chi connectivity index (χ1n) is 9.75. The maximum atomic E-state index is 6.52. The maximum Gasteiger partial charge on any atom is 0.150 e. The molecular weight excluding hydrogens is 388 g/mol. The molecular formula is C22H23ClN4S. The third-order valence-electron chi connectivity index (χ3n) is 5.72. The summed E-state index contributed by atoms with van der Waals surface area (Å²) in [4.78, 5) is 4.96. The second-order valence-corrected chi connectivity index (χ2v) is 8.80. The zero-order valence-corrected chi connectivity index (χ0v) is 17.3. The molecule has 1 aromatic heterocycles. The Hall–Kier alpha value is -2.08. The molecule has 1 N–H and O–H groups in total. The molecule has 0 spiro atoms. The summed E-state index contributed by atoms with van der Waals surface area (Å²) in [5.41, 5.74) is 4.71. The largest absolute Gasteiger partial charge is 0.359 e. The van der Waals surface area contributed by atoms with Crippen LogP contribution in [0.2, 0.25) is 5.02 Å². The smallest absolute Gasteiger partial charge is 0.150 e. The number of rotatable bonds is 4. The van der Waals surface area contributed by atoms with Crippen molar-refractivity contribution in [3.63, 3.8) is 0 Å². The highest BCUT2D eigenvalue weighted by Gasteiger charge is 2.21. The topological polar surface area (TPSA) is 31.4 Å². The van der Waals surface area contributed by atoms with Crippen LogP contribution in [0.15, 0.2) is 48.7 Å². The molecule has 4 nitrogen and oxygen atoms in total. The molecule has 6 heteroatoms. The minimum absolute atomic E-state index is 0.855. The number of hydrogen-bond donors (Lipinski definition) is 1. The third-order valence-corrected chi connectivity index (χ3v) is 6.88. The Morgan fingerprint density at radius 3 is 2.82 bits per heavy atom. The molecule has 0 bridgehead atoms. The van der Waals surface area contributed by atoms with E-state index in [4.69, 9.17) is 16.0 Å². The highest BCUT2D eigenvalue weighted by Crippen LogP contribution is 2.33. The fraction of sp³-hybridized carbons (Fsp3) is 0.318. The summed E-state index contributed by atoms with van der Waals surface area (Å²) in [6.45, 7) is 9.23. The number of benzene rings is 2. The van der Waals surface area contributed by atoms with Gasteiger partial charge in [0.15, 0.2) is 0 Å². The highest BCUT2D eigenvalue weighted by molar-refractivity contribution is 7.13. The van der Waals surface area contributed by atoms with E-state index >= 15 is 0 Å². The van der Waals surface area contributed by atoms with E-state index in [-0.39, 0.29) is 0 Å². The molecule has 1 saturated heterocycles. The van der Waals surface area contributed by atoms with Gasteiger partial charge in [-0.3, -0.25) is 4.90 Å². The van der Waals surface area contributed by atoms with Gasteiger partial charge in [-0.2, -0.15) is 4.37 Å². The van der Waals surface area contributed by atoms with E-state index in [1.54, 1.807) is 11.5 Å². The number of aromatic nitrogens is 1. The van der Waals surface area contributed by atoms with Crippen LogP contribution in [0.3, 0.4) is 0 Å². The van der Waals surface area contributed by atoms with Crippen LogP contribution in [0.25, 0.3) is 10.1 Å². The lowest BCUT2D eigenvalue weighted by Crippen LogP contribution is -2.47. The Kier molecular flexibility index (Phi) is 4.75. The number of nitrogens with one attached hydrogen (secondary N) is 1. The van der Waals surface area contributed by atoms with Crippen LogP contribution >= 0.6 is 23.1 Å². The molecule has 0 unspecified atom stereocenters. The Bertz CT molecular complexity index is 1040. The molecule has 3 heterocycles. The average molecular weight is 411 g/mol. The lowest BCUT2D eigenvalue weighted by atomic mass is 10.0. The Morgan fingerprint density at radius 1 is 1.14 bits per heavy atom. The molecule has 0 atom stereocenters. The first-order valence-corrected chi connectivity index (χ1v) is 10.9. The third kappa shape index (κ3) is 3.39. The van der Waals surface area contributed by atoms with Crippen molar-refractivity contribution in [1.29, 1.82) is 0 Å². The van der Waals surface area contributed by atoms with E-state index in [1.807, 2.05) is 0 Å². The van der Waals surface area contributed by atoms with Gasteiger partial charge in [0, 0.05) is 60.9 Å². The van der Waals surface area contributed by atoms with Gasteiger partial charge in [-0.15, -0.1) is 0 Å². The first kappa shape index (κ1) is 18.0. The molecule has 5 rings (SSSR count). The quantitative estimate of drug-likeness (QED) is 0.669. The Morgan fingerprint density at radius 2 is 1.96 bits per heavy atom. The van der Waals surface area contributed by atoms with Crippen molar-refractivity contribution in [3.8, 4) is 0 Å². The molecule has 0 radical (unpaired) electrons. The fourth-order valence-corrected chi connectivity index (χ4v) is 5.20. The van der Waals surface area contributed by atoms with Crippen LogP contribution < -0.4 is 10.2 Å². The number of anilines is 2. The van der Waals surface area contributed by atoms with Crippen LogP contribution in [0.4, 0.5) is 11.5 Å². The second-order valence-electron chi connectivity index (χ2n) is 7.59. The summed E-state index contributed by atoms with van der Waals surface area (Å²) in [6, 6.07) is 12.8. The summed E-state index contributed by atoms with van der Waals surface area (Å²) in [5.74, 6) is 1.15. The van der Waals surface area contributed by atoms with Gasteiger partial charge < -0.3 is 10.2 Å². The zero-order chi connectivity index (χ0) is 19.1. The molecule has 1 fully saturated rings. The van der Waals surface area contributed by atoms with E-state index in [0.29, 0.717) is 0 Å². The highest BCUT2D eigenvalue weighted by atomic mass is 35.5. The summed E-state index contributed by atoms with van der Waals surface area (Å²) >= 11 is 8.11. The van der Waals surface area contributed by atoms with E-state index < -0.39 is 0 Å². The van der Waals surface area contributed by atoms with Crippen molar-refractivity contribution in [2.75, 3.05) is 42.9 Å². The zero-order valence-electron chi connectivity index (χ0n) is 15.7. The monoisotopic (exact) mass is 410 g/mol. The van der Waals surface area contributed by atoms with Crippen molar-refractivity contribution in [2.24, 2.45) is 0 Å². The van der Waals surface area contributed by atoms with Gasteiger partial charge in [0.25, 0.3) is 0 Å². The van der Waals surface area contributed by atoms with Gasteiger partial charge in [-0.25, -0.2) is 0 Å². The molecule has 2 aliphatic heterocycles. The molecule has 2 aliphatic rings. The van der Waals surface area contributed by atoms with Gasteiger partial charge in [-0.05, 0) is 47.3 Å². The molecule has 0 saturated carbocycles. The molecule has 144 valence electrons. The Labute approximate surface area is 174 Å². The normalized spacial score (nSPS) is 17.2. The van der Waals surface area contributed by atoms with Crippen LogP contribution in [-0.2, 0) is 12.8 Å². The molecule has 2 aromatic carbocycles. The fourth-order valence-electron chi connectivity index (χ4n) is 4.15. The summed E-state index contributed by atoms with van der Waals surface area (Å²) in [7, 11) is 0. The minimum Gasteiger partial charge on any atom is -0.359 e. The maximum absolute atomic E-state index is 6.52. The van der Waals surface area contributed by atoms with Crippen LogP contribution in [0, 0.1) is 0 Å². The van der Waals surface area contributed by atoms with Crippen molar-refractivity contribution in [3.05, 3.63) is 64.8 Å². The van der Waals surface area contributed by atoms with Gasteiger partial charge >= 0.3 is 0 Å². The van der Waals surface area contributed by atoms with Crippen LogP contribution in [-0.4, -0.2) is 42.0 Å². The van der Waals surface area contributed by atoms with Crippen molar-refractivity contribution >= 4 is 44.7 Å². The molecule has 3 aromatic rings. The van der Waals surface area contributed by atoms with Crippen LogP contribution in [0.1, 0.15) is 11.1 Å². The molecule has 28 heavy (non-hydrogen) atoms. The number of allylic oxidation sites excluding steroid dienone is 1. The van der Waals surface area contributed by atoms with E-state index in [0.717, 1.165) is 67.8 Å². The molecule has 0 amide bonds. The van der Waals surface area contributed by atoms with Crippen molar-refractivity contribution < 1.29 is 0 Å². The standard InChI is InChI=1S/C22H23ClN4S/c1-15-12-17-13-16(19(23)14-20(17)24-15)6-7-26-8-10-27(11-9-26)22-18-4-2-3-5-21(18)28-25-22/h2-5,13-14,24H,1,6-12H2. The predicted octanol–water partition coefficient (Wildman–Crippen LogP) is 4.80. The SMILES string of the molecule is C=C1Cc2cc(CCN3CCN(c4nsc5ccccc45)CC3)c(Cl)cc2N1. The lowest BCUT2D eigenvalue weighted by Gasteiger charge is -2.35. The van der Waals surface area contributed by atoms with Crippen LogP contribution in [0.5, 0.6) is 0 Å². The van der Waals surface area contributed by atoms with Gasteiger partial charge in [0.2, 0.25) is 0 Å². The Balaban J connectivity index is 1.20. The number of fused-ring (bicyclic) bond motifs is 2. The van der Waals surface area contributed by atoms with Gasteiger partial charge in [-0.1, -0.05) is 36.4 Å². The number of halogens is 1. The van der Waals surface area contributed by atoms with E-state index in [1.165, 1.54) is 21.2 Å². The first-order chi connectivity index (χ1) is 13.7. The van der Waals surface area contributed by atoms with Crippen molar-refractivity contribution in [2.45, 2.75) is 12.8 Å². The summed E-state index contributed by atoms with van der Waals surface area (Å²) in [5, 5.41) is 5.44. The average Bonchev–Trinajstić information content (AvgIpc) is 3.29. The predicted molar refractivity (Wildman–Crippen MR) is 120 cm³/mol. The molecule has 0 aliphatic carbocycles. The van der Waals surface area contributed by atoms with E-state index in [9.17, 15) is 0 Å². The summed E-state index contributed by atoms with van der Waals surface area (Å²) < 4.78 is 5.97. The second kappa shape index (κ2) is 7.39. The number of nitrogens with zero attached hydrogens (tertiary/aromatic N) is 3. The lowest BCUT2D eigenvalue weighted by molar-refractivity contribution is 0.261. The van der Waals surface area contributed by atoms with E-state index in [2.05, 4.69) is 58.1 Å².